The van der Waals surface area contributed by atoms with E-state index in [0.717, 1.165) is 37.6 Å². The van der Waals surface area contributed by atoms with E-state index in [0.29, 0.717) is 6.42 Å². The Hall–Kier alpha value is -1.60. The third kappa shape index (κ3) is 4.03. The number of carbonyl (C=O) groups excluding carboxylic acids is 1. The second-order valence-electron chi connectivity index (χ2n) is 6.43. The predicted octanol–water partition coefficient (Wildman–Crippen LogP) is 0.812. The van der Waals surface area contributed by atoms with Crippen LogP contribution in [0.3, 0.4) is 0 Å². The summed E-state index contributed by atoms with van der Waals surface area (Å²) in [6.45, 7) is 4.10. The molecule has 1 aromatic carbocycles. The van der Waals surface area contributed by atoms with Crippen molar-refractivity contribution in [3.8, 4) is 0 Å². The molecule has 0 aliphatic carbocycles. The Labute approximate surface area is 137 Å². The van der Waals surface area contributed by atoms with E-state index in [9.17, 15) is 13.2 Å². The minimum Gasteiger partial charge on any atom is -0.369 e. The van der Waals surface area contributed by atoms with Crippen molar-refractivity contribution in [2.24, 2.45) is 5.92 Å². The minimum absolute atomic E-state index is 0.0296. The monoisotopic (exact) mass is 337 g/mol. The van der Waals surface area contributed by atoms with Crippen LogP contribution in [0.25, 0.3) is 0 Å². The largest absolute Gasteiger partial charge is 0.369 e. The van der Waals surface area contributed by atoms with Gasteiger partial charge >= 0.3 is 0 Å². The standard InChI is InChI=1S/C16H23N3O3S/c1-18-7-9-19(10-8-18)15-4-2-14(3-5-15)17-16(20)13-6-11-23(21,22)12-13/h2-5,13H,6-12H2,1H3,(H,17,20). The molecule has 1 unspecified atom stereocenters. The first-order chi connectivity index (χ1) is 10.9. The Morgan fingerprint density at radius 2 is 1.78 bits per heavy atom. The van der Waals surface area contributed by atoms with Gasteiger partial charge in [0.25, 0.3) is 0 Å². The average Bonchev–Trinajstić information content (AvgIpc) is 2.89. The van der Waals surface area contributed by atoms with Crippen LogP contribution in [0.15, 0.2) is 24.3 Å². The molecule has 1 amide bonds. The number of piperazine rings is 1. The van der Waals surface area contributed by atoms with Gasteiger partial charge in [0, 0.05) is 37.6 Å². The van der Waals surface area contributed by atoms with E-state index < -0.39 is 15.8 Å². The molecule has 6 nitrogen and oxygen atoms in total. The number of hydrogen-bond donors (Lipinski definition) is 1. The highest BCUT2D eigenvalue weighted by Crippen LogP contribution is 2.22. The Balaban J connectivity index is 1.58. The van der Waals surface area contributed by atoms with Crippen LogP contribution in [0.2, 0.25) is 0 Å². The molecule has 0 aromatic heterocycles. The molecular weight excluding hydrogens is 314 g/mol. The Kier molecular flexibility index (Phi) is 4.59. The number of benzene rings is 1. The highest BCUT2D eigenvalue weighted by molar-refractivity contribution is 7.91. The first-order valence-corrected chi connectivity index (χ1v) is 9.80. The van der Waals surface area contributed by atoms with Crippen molar-refractivity contribution in [1.82, 2.24) is 4.90 Å². The van der Waals surface area contributed by atoms with E-state index in [1.807, 2.05) is 24.3 Å². The fraction of sp³-hybridized carbons (Fsp3) is 0.562. The molecule has 1 atom stereocenters. The second-order valence-corrected chi connectivity index (χ2v) is 8.66. The number of sulfone groups is 1. The zero-order valence-corrected chi connectivity index (χ0v) is 14.2. The van der Waals surface area contributed by atoms with Crippen LogP contribution in [-0.4, -0.2) is 64.0 Å². The van der Waals surface area contributed by atoms with Gasteiger partial charge in [-0.05, 0) is 37.7 Å². The van der Waals surface area contributed by atoms with Crippen molar-refractivity contribution >= 4 is 27.1 Å². The fourth-order valence-corrected chi connectivity index (χ4v) is 4.81. The molecule has 0 spiro atoms. The van der Waals surface area contributed by atoms with Gasteiger partial charge in [0.15, 0.2) is 9.84 Å². The quantitative estimate of drug-likeness (QED) is 0.884. The maximum atomic E-state index is 12.1. The van der Waals surface area contributed by atoms with Crippen LogP contribution in [-0.2, 0) is 14.6 Å². The summed E-state index contributed by atoms with van der Waals surface area (Å²) in [5, 5.41) is 2.83. The second kappa shape index (κ2) is 6.49. The summed E-state index contributed by atoms with van der Waals surface area (Å²) in [5.41, 5.74) is 1.87. The average molecular weight is 337 g/mol. The molecule has 2 saturated heterocycles. The number of anilines is 2. The normalized spacial score (nSPS) is 24.6. The van der Waals surface area contributed by atoms with E-state index >= 15 is 0 Å². The Morgan fingerprint density at radius 3 is 2.35 bits per heavy atom. The number of nitrogens with one attached hydrogen (secondary N) is 1. The molecule has 126 valence electrons. The van der Waals surface area contributed by atoms with E-state index in [1.165, 1.54) is 0 Å². The SMILES string of the molecule is CN1CCN(c2ccc(NC(=O)C3CCS(=O)(=O)C3)cc2)CC1. The summed E-state index contributed by atoms with van der Waals surface area (Å²) in [4.78, 5) is 16.8. The molecule has 0 bridgehead atoms. The molecule has 2 aliphatic rings. The zero-order valence-electron chi connectivity index (χ0n) is 13.4. The van der Waals surface area contributed by atoms with Gasteiger partial charge in [0.1, 0.15) is 0 Å². The number of nitrogens with zero attached hydrogens (tertiary/aromatic N) is 2. The van der Waals surface area contributed by atoms with Crippen LogP contribution in [0, 0.1) is 5.92 Å². The number of amides is 1. The van der Waals surface area contributed by atoms with Gasteiger partial charge in [-0.15, -0.1) is 0 Å². The summed E-state index contributed by atoms with van der Waals surface area (Å²) < 4.78 is 22.9. The van der Waals surface area contributed by atoms with Gasteiger partial charge in [0.2, 0.25) is 5.91 Å². The number of rotatable bonds is 3. The highest BCUT2D eigenvalue weighted by atomic mass is 32.2. The van der Waals surface area contributed by atoms with Gasteiger partial charge in [0.05, 0.1) is 17.4 Å². The molecule has 3 rings (SSSR count). The number of carbonyl (C=O) groups is 1. The lowest BCUT2D eigenvalue weighted by molar-refractivity contribution is -0.119. The van der Waals surface area contributed by atoms with Crippen LogP contribution >= 0.6 is 0 Å². The van der Waals surface area contributed by atoms with Crippen molar-refractivity contribution in [2.75, 3.05) is 54.9 Å². The topological polar surface area (TPSA) is 69.7 Å². The Morgan fingerprint density at radius 1 is 1.13 bits per heavy atom. The third-order valence-electron chi connectivity index (χ3n) is 4.61. The first kappa shape index (κ1) is 16.3. The first-order valence-electron chi connectivity index (χ1n) is 7.98. The van der Waals surface area contributed by atoms with Gasteiger partial charge in [-0.1, -0.05) is 0 Å². The lowest BCUT2D eigenvalue weighted by atomic mass is 10.1. The molecule has 2 aliphatic heterocycles. The maximum absolute atomic E-state index is 12.1. The molecule has 1 aromatic rings. The minimum atomic E-state index is -3.03. The molecule has 23 heavy (non-hydrogen) atoms. The van der Waals surface area contributed by atoms with Crippen LogP contribution in [0.1, 0.15) is 6.42 Å². The molecule has 7 heteroatoms. The molecule has 2 fully saturated rings. The smallest absolute Gasteiger partial charge is 0.228 e. The summed E-state index contributed by atoms with van der Waals surface area (Å²) in [5.74, 6) is -0.526. The Bertz CT molecular complexity index is 664. The van der Waals surface area contributed by atoms with E-state index in [4.69, 9.17) is 0 Å². The molecular formula is C16H23N3O3S. The van der Waals surface area contributed by atoms with E-state index in [2.05, 4.69) is 22.2 Å². The van der Waals surface area contributed by atoms with Crippen LogP contribution < -0.4 is 10.2 Å². The highest BCUT2D eigenvalue weighted by Gasteiger charge is 2.32. The van der Waals surface area contributed by atoms with E-state index in [-0.39, 0.29) is 17.4 Å². The fourth-order valence-electron chi connectivity index (χ4n) is 3.07. The molecule has 0 saturated carbocycles. The summed E-state index contributed by atoms with van der Waals surface area (Å²) in [6, 6.07) is 7.78. The third-order valence-corrected chi connectivity index (χ3v) is 6.37. The molecule has 1 N–H and O–H groups in total. The molecule has 2 heterocycles. The number of likely N-dealkylation sites (N-methyl/N-ethyl adjacent to an activating group) is 1. The van der Waals surface area contributed by atoms with Crippen molar-refractivity contribution in [1.29, 1.82) is 0 Å². The van der Waals surface area contributed by atoms with Crippen molar-refractivity contribution in [3.63, 3.8) is 0 Å². The lowest BCUT2D eigenvalue weighted by Crippen LogP contribution is -2.44. The lowest BCUT2D eigenvalue weighted by Gasteiger charge is -2.34. The van der Waals surface area contributed by atoms with Gasteiger partial charge < -0.3 is 15.1 Å². The van der Waals surface area contributed by atoms with Gasteiger partial charge in [-0.3, -0.25) is 4.79 Å². The van der Waals surface area contributed by atoms with Gasteiger partial charge in [-0.2, -0.15) is 0 Å². The van der Waals surface area contributed by atoms with Gasteiger partial charge in [-0.25, -0.2) is 8.42 Å². The van der Waals surface area contributed by atoms with Crippen molar-refractivity contribution in [2.45, 2.75) is 6.42 Å². The zero-order chi connectivity index (χ0) is 16.4. The van der Waals surface area contributed by atoms with Crippen LogP contribution in [0.4, 0.5) is 11.4 Å². The molecule has 0 radical (unpaired) electrons. The summed E-state index contributed by atoms with van der Waals surface area (Å²) in [6.07, 6.45) is 0.424. The predicted molar refractivity (Wildman–Crippen MR) is 91.5 cm³/mol. The van der Waals surface area contributed by atoms with Crippen molar-refractivity contribution < 1.29 is 13.2 Å². The van der Waals surface area contributed by atoms with Crippen molar-refractivity contribution in [3.05, 3.63) is 24.3 Å². The summed E-state index contributed by atoms with van der Waals surface area (Å²) >= 11 is 0. The summed E-state index contributed by atoms with van der Waals surface area (Å²) in [7, 11) is -0.906. The van der Waals surface area contributed by atoms with E-state index in [1.54, 1.807) is 0 Å². The van der Waals surface area contributed by atoms with Crippen LogP contribution in [0.5, 0.6) is 0 Å². The number of hydrogen-bond acceptors (Lipinski definition) is 5. The maximum Gasteiger partial charge on any atom is 0.228 e.